The third-order valence-corrected chi connectivity index (χ3v) is 3.13. The molecule has 3 nitrogen and oxygen atoms in total. The molecule has 1 aromatic heterocycles. The first-order chi connectivity index (χ1) is 8.69. The van der Waals surface area contributed by atoms with Crippen molar-refractivity contribution >= 4 is 34.5 Å². The number of nitrogens with one attached hydrogen (secondary N) is 1. The summed E-state index contributed by atoms with van der Waals surface area (Å²) in [5.74, 6) is 0. The lowest BCUT2D eigenvalue weighted by atomic mass is 10.2. The number of aromatic nitrogens is 2. The van der Waals surface area contributed by atoms with E-state index in [4.69, 9.17) is 11.6 Å². The summed E-state index contributed by atoms with van der Waals surface area (Å²) >= 11 is 7.55. The summed E-state index contributed by atoms with van der Waals surface area (Å²) in [5.41, 5.74) is 1.24. The van der Waals surface area contributed by atoms with Crippen molar-refractivity contribution in [3.63, 3.8) is 0 Å². The molecule has 0 aliphatic carbocycles. The molecule has 1 N–H and O–H groups in total. The van der Waals surface area contributed by atoms with Gasteiger partial charge in [-0.05, 0) is 17.9 Å². The van der Waals surface area contributed by atoms with Gasteiger partial charge in [0.25, 0.3) is 5.56 Å². The van der Waals surface area contributed by atoms with Gasteiger partial charge in [0.15, 0.2) is 5.16 Å². The predicted molar refractivity (Wildman–Crippen MR) is 76.8 cm³/mol. The standard InChI is InChI=1S/C13H11ClN2OS/c1-18-13-15-11(8-12(17)16-13)10(14)7-9-5-3-2-4-6-9/h2-8H,1H3,(H,15,16,17)/b10-7+. The van der Waals surface area contributed by atoms with Gasteiger partial charge in [-0.1, -0.05) is 53.7 Å². The third-order valence-electron chi connectivity index (χ3n) is 2.25. The van der Waals surface area contributed by atoms with Crippen LogP contribution in [0, 0.1) is 0 Å². The molecule has 0 aliphatic heterocycles. The number of halogens is 1. The molecule has 0 saturated carbocycles. The van der Waals surface area contributed by atoms with E-state index >= 15 is 0 Å². The molecule has 1 heterocycles. The molecule has 0 radical (unpaired) electrons. The Bertz CT molecular complexity index is 622. The van der Waals surface area contributed by atoms with E-state index in [0.717, 1.165) is 5.56 Å². The Labute approximate surface area is 114 Å². The van der Waals surface area contributed by atoms with Crippen molar-refractivity contribution in [1.82, 2.24) is 9.97 Å². The van der Waals surface area contributed by atoms with Crippen molar-refractivity contribution in [2.75, 3.05) is 6.26 Å². The molecule has 0 amide bonds. The van der Waals surface area contributed by atoms with E-state index in [2.05, 4.69) is 9.97 Å². The Morgan fingerprint density at radius 1 is 1.39 bits per heavy atom. The number of nitrogens with zero attached hydrogens (tertiary/aromatic N) is 1. The summed E-state index contributed by atoms with van der Waals surface area (Å²) in [4.78, 5) is 18.3. The summed E-state index contributed by atoms with van der Waals surface area (Å²) in [7, 11) is 0. The number of aromatic amines is 1. The molecule has 5 heteroatoms. The maximum atomic E-state index is 11.4. The van der Waals surface area contributed by atoms with Gasteiger partial charge >= 0.3 is 0 Å². The second-order valence-corrected chi connectivity index (χ2v) is 4.75. The molecule has 0 bridgehead atoms. The minimum atomic E-state index is -0.205. The van der Waals surface area contributed by atoms with Gasteiger partial charge in [0.2, 0.25) is 0 Å². The molecule has 92 valence electrons. The van der Waals surface area contributed by atoms with Gasteiger partial charge in [0, 0.05) is 6.07 Å². The summed E-state index contributed by atoms with van der Waals surface area (Å²) in [6, 6.07) is 11.0. The smallest absolute Gasteiger partial charge is 0.252 e. The number of benzene rings is 1. The minimum Gasteiger partial charge on any atom is -0.301 e. The van der Waals surface area contributed by atoms with Gasteiger partial charge in [-0.25, -0.2) is 4.98 Å². The van der Waals surface area contributed by atoms with E-state index in [-0.39, 0.29) is 5.56 Å². The van der Waals surface area contributed by atoms with Crippen molar-refractivity contribution in [2.24, 2.45) is 0 Å². The zero-order valence-corrected chi connectivity index (χ0v) is 11.3. The van der Waals surface area contributed by atoms with Crippen molar-refractivity contribution < 1.29 is 0 Å². The fourth-order valence-electron chi connectivity index (χ4n) is 1.42. The van der Waals surface area contributed by atoms with Gasteiger partial charge in [0.1, 0.15) is 0 Å². The van der Waals surface area contributed by atoms with Gasteiger partial charge in [-0.15, -0.1) is 0 Å². The van der Waals surface area contributed by atoms with Crippen molar-refractivity contribution in [3.05, 3.63) is 58.0 Å². The zero-order valence-electron chi connectivity index (χ0n) is 9.68. The molecule has 2 aromatic rings. The first-order valence-electron chi connectivity index (χ1n) is 5.27. The Hall–Kier alpha value is -1.52. The highest BCUT2D eigenvalue weighted by Crippen LogP contribution is 2.20. The molecular weight excluding hydrogens is 268 g/mol. The fourth-order valence-corrected chi connectivity index (χ4v) is 2.04. The molecule has 2 rings (SSSR count). The van der Waals surface area contributed by atoms with Crippen LogP contribution in [0.15, 0.2) is 46.3 Å². The van der Waals surface area contributed by atoms with Crippen LogP contribution in [0.4, 0.5) is 0 Å². The molecule has 0 spiro atoms. The highest BCUT2D eigenvalue weighted by molar-refractivity contribution is 7.98. The first kappa shape index (κ1) is 12.9. The van der Waals surface area contributed by atoms with Crippen LogP contribution in [0.1, 0.15) is 11.3 Å². The van der Waals surface area contributed by atoms with Gasteiger partial charge in [-0.2, -0.15) is 0 Å². The summed E-state index contributed by atoms with van der Waals surface area (Å²) in [6.45, 7) is 0. The number of H-pyrrole nitrogens is 1. The zero-order chi connectivity index (χ0) is 13.0. The number of rotatable bonds is 3. The minimum absolute atomic E-state index is 0.205. The fraction of sp³-hybridized carbons (Fsp3) is 0.0769. The van der Waals surface area contributed by atoms with Gasteiger partial charge in [-0.3, -0.25) is 4.79 Å². The average Bonchev–Trinajstić information content (AvgIpc) is 2.39. The topological polar surface area (TPSA) is 45.8 Å². The highest BCUT2D eigenvalue weighted by atomic mass is 35.5. The van der Waals surface area contributed by atoms with Gasteiger partial charge < -0.3 is 4.98 Å². The Kier molecular flexibility index (Phi) is 4.23. The van der Waals surface area contributed by atoms with E-state index in [1.807, 2.05) is 36.6 Å². The predicted octanol–water partition coefficient (Wildman–Crippen LogP) is 3.23. The molecule has 1 aromatic carbocycles. The molecular formula is C13H11ClN2OS. The average molecular weight is 279 g/mol. The van der Waals surface area contributed by atoms with Crippen LogP contribution < -0.4 is 5.56 Å². The first-order valence-corrected chi connectivity index (χ1v) is 6.87. The summed E-state index contributed by atoms with van der Waals surface area (Å²) in [6.07, 6.45) is 3.63. The SMILES string of the molecule is CSc1nc(/C(Cl)=C\c2ccccc2)cc(=O)[nH]1. The lowest BCUT2D eigenvalue weighted by Gasteiger charge is -2.01. The van der Waals surface area contributed by atoms with E-state index in [1.54, 1.807) is 6.08 Å². The third kappa shape index (κ3) is 3.24. The monoisotopic (exact) mass is 278 g/mol. The van der Waals surface area contributed by atoms with Crippen LogP contribution in [0.3, 0.4) is 0 Å². The van der Waals surface area contributed by atoms with E-state index in [1.165, 1.54) is 17.8 Å². The maximum Gasteiger partial charge on any atom is 0.252 e. The molecule has 0 unspecified atom stereocenters. The normalized spacial score (nSPS) is 11.6. The molecule has 0 saturated heterocycles. The van der Waals surface area contributed by atoms with Crippen LogP contribution in [0.5, 0.6) is 0 Å². The number of thioether (sulfide) groups is 1. The van der Waals surface area contributed by atoms with Crippen LogP contribution in [-0.2, 0) is 0 Å². The second-order valence-electron chi connectivity index (χ2n) is 3.54. The molecule has 0 aliphatic rings. The van der Waals surface area contributed by atoms with Crippen molar-refractivity contribution in [3.8, 4) is 0 Å². The molecule has 0 fully saturated rings. The Morgan fingerprint density at radius 3 is 2.78 bits per heavy atom. The van der Waals surface area contributed by atoms with Crippen LogP contribution >= 0.6 is 23.4 Å². The van der Waals surface area contributed by atoms with E-state index < -0.39 is 0 Å². The highest BCUT2D eigenvalue weighted by Gasteiger charge is 2.04. The number of hydrogen-bond donors (Lipinski definition) is 1. The van der Waals surface area contributed by atoms with Crippen molar-refractivity contribution in [2.45, 2.75) is 5.16 Å². The lowest BCUT2D eigenvalue weighted by molar-refractivity contribution is 0.930. The molecule has 18 heavy (non-hydrogen) atoms. The van der Waals surface area contributed by atoms with Crippen molar-refractivity contribution in [1.29, 1.82) is 0 Å². The maximum absolute atomic E-state index is 11.4. The summed E-state index contributed by atoms with van der Waals surface area (Å²) in [5, 5.41) is 1.000. The Morgan fingerprint density at radius 2 is 2.11 bits per heavy atom. The second kappa shape index (κ2) is 5.89. The quantitative estimate of drug-likeness (QED) is 0.693. The lowest BCUT2D eigenvalue weighted by Crippen LogP contribution is -2.08. The van der Waals surface area contributed by atoms with E-state index in [9.17, 15) is 4.79 Å². The van der Waals surface area contributed by atoms with Crippen LogP contribution in [0.25, 0.3) is 11.1 Å². The Balaban J connectivity index is 2.40. The van der Waals surface area contributed by atoms with Crippen LogP contribution in [-0.4, -0.2) is 16.2 Å². The number of hydrogen-bond acceptors (Lipinski definition) is 3. The van der Waals surface area contributed by atoms with Crippen LogP contribution in [0.2, 0.25) is 0 Å². The van der Waals surface area contributed by atoms with E-state index in [0.29, 0.717) is 15.9 Å². The molecule has 0 atom stereocenters. The largest absolute Gasteiger partial charge is 0.301 e. The summed E-state index contributed by atoms with van der Waals surface area (Å²) < 4.78 is 0. The van der Waals surface area contributed by atoms with Gasteiger partial charge in [0.05, 0.1) is 10.7 Å².